The first-order valence-electron chi connectivity index (χ1n) is 12.9. The van der Waals surface area contributed by atoms with Crippen molar-refractivity contribution in [3.8, 4) is 11.5 Å². The number of aliphatic hydroxyl groups excluding tert-OH is 1. The number of nitrogens with one attached hydrogen (secondary N) is 2. The van der Waals surface area contributed by atoms with Gasteiger partial charge in [0.15, 0.2) is 15.4 Å². The summed E-state index contributed by atoms with van der Waals surface area (Å²) in [6, 6.07) is 22.5. The lowest BCUT2D eigenvalue weighted by Gasteiger charge is -2.23. The molecule has 1 aliphatic heterocycles. The van der Waals surface area contributed by atoms with Crippen LogP contribution < -0.4 is 20.3 Å². The van der Waals surface area contributed by atoms with Gasteiger partial charge >= 0.3 is 0 Å². The first-order valence-corrected chi connectivity index (χ1v) is 14.5. The van der Waals surface area contributed by atoms with Crippen molar-refractivity contribution in [3.63, 3.8) is 0 Å². The zero-order valence-corrected chi connectivity index (χ0v) is 23.0. The summed E-state index contributed by atoms with van der Waals surface area (Å²) in [5.74, 6) is 0.797. The van der Waals surface area contributed by atoms with Gasteiger partial charge in [0.1, 0.15) is 18.1 Å². The monoisotopic (exact) mass is 567 g/mol. The maximum absolute atomic E-state index is 13.5. The fourth-order valence-corrected chi connectivity index (χ4v) is 5.45. The number of hydrogen-bond acceptors (Lipinski definition) is 9. The molecule has 3 aromatic carbocycles. The summed E-state index contributed by atoms with van der Waals surface area (Å²) in [5.41, 5.74) is 5.67. The van der Waals surface area contributed by atoms with Crippen LogP contribution in [0.3, 0.4) is 0 Å². The number of hydrogen-bond donors (Lipinski definition) is 3. The van der Waals surface area contributed by atoms with Crippen molar-refractivity contribution in [3.05, 3.63) is 90.0 Å². The molecular weight excluding hydrogens is 534 g/mol. The first-order chi connectivity index (χ1) is 19.3. The van der Waals surface area contributed by atoms with Crippen molar-refractivity contribution in [2.24, 2.45) is 4.99 Å². The average Bonchev–Trinajstić information content (AvgIpc) is 3.43. The van der Waals surface area contributed by atoms with E-state index in [2.05, 4.69) is 15.8 Å². The third-order valence-corrected chi connectivity index (χ3v) is 8.13. The molecule has 0 unspecified atom stereocenters. The Kier molecular flexibility index (Phi) is 9.75. The van der Waals surface area contributed by atoms with Gasteiger partial charge in [0, 0.05) is 25.1 Å². The van der Waals surface area contributed by atoms with E-state index >= 15 is 0 Å². The lowest BCUT2D eigenvalue weighted by atomic mass is 9.98. The van der Waals surface area contributed by atoms with Crippen LogP contribution in [0.15, 0.2) is 88.8 Å². The second-order valence-electron chi connectivity index (χ2n) is 9.22. The van der Waals surface area contributed by atoms with E-state index in [4.69, 9.17) is 19.3 Å². The Hall–Kier alpha value is -3.93. The molecule has 212 valence electrons. The summed E-state index contributed by atoms with van der Waals surface area (Å²) >= 11 is 0. The number of nitrogens with zero attached hydrogens (tertiary/aromatic N) is 1. The van der Waals surface area contributed by atoms with Crippen LogP contribution in [0.2, 0.25) is 0 Å². The highest BCUT2D eigenvalue weighted by atomic mass is 32.2. The highest BCUT2D eigenvalue weighted by Gasteiger charge is 2.45. The lowest BCUT2D eigenvalue weighted by molar-refractivity contribution is -0.127. The maximum Gasteiger partial charge on any atom is 0.265 e. The van der Waals surface area contributed by atoms with Crippen LogP contribution in [-0.2, 0) is 25.9 Å². The van der Waals surface area contributed by atoms with Crippen LogP contribution in [0, 0.1) is 0 Å². The molecule has 1 heterocycles. The van der Waals surface area contributed by atoms with E-state index in [1.54, 1.807) is 49.6 Å². The third-order valence-electron chi connectivity index (χ3n) is 6.40. The Balaban J connectivity index is 1.50. The molecule has 0 aliphatic carbocycles. The fourth-order valence-electron chi connectivity index (χ4n) is 4.04. The SMILES string of the molecule is COc1ccc(CNNC(=O)[C@]2(CCS(=O)(=O)c3ccccc3)COC(c3ccc(OCCCO)cc3)=N2)cc1. The van der Waals surface area contributed by atoms with Crippen molar-refractivity contribution in [1.29, 1.82) is 0 Å². The van der Waals surface area contributed by atoms with E-state index in [0.717, 1.165) is 11.3 Å². The number of carbonyl (C=O) groups is 1. The summed E-state index contributed by atoms with van der Waals surface area (Å²) in [6.45, 7) is 0.651. The predicted octanol–water partition coefficient (Wildman–Crippen LogP) is 2.66. The quantitative estimate of drug-likeness (QED) is 0.200. The fraction of sp³-hybridized carbons (Fsp3) is 0.310. The number of ether oxygens (including phenoxy) is 3. The Bertz CT molecular complexity index is 1400. The minimum atomic E-state index is -3.66. The van der Waals surface area contributed by atoms with Gasteiger partial charge in [-0.1, -0.05) is 30.3 Å². The molecule has 10 nitrogen and oxygen atoms in total. The molecule has 0 saturated carbocycles. The van der Waals surface area contributed by atoms with E-state index in [1.807, 2.05) is 24.3 Å². The van der Waals surface area contributed by atoms with E-state index in [-0.39, 0.29) is 36.2 Å². The summed E-state index contributed by atoms with van der Waals surface area (Å²) in [6.07, 6.45) is 0.444. The lowest BCUT2D eigenvalue weighted by Crippen LogP contribution is -2.52. The molecule has 40 heavy (non-hydrogen) atoms. The summed E-state index contributed by atoms with van der Waals surface area (Å²) in [4.78, 5) is 18.3. The van der Waals surface area contributed by atoms with Crippen LogP contribution in [0.5, 0.6) is 11.5 Å². The maximum atomic E-state index is 13.5. The molecule has 0 radical (unpaired) electrons. The molecule has 1 aliphatic rings. The van der Waals surface area contributed by atoms with Crippen molar-refractivity contribution < 1.29 is 32.5 Å². The van der Waals surface area contributed by atoms with Gasteiger partial charge in [-0.25, -0.2) is 18.8 Å². The molecule has 1 amide bonds. The van der Waals surface area contributed by atoms with E-state index in [0.29, 0.717) is 30.9 Å². The molecule has 0 spiro atoms. The van der Waals surface area contributed by atoms with Crippen molar-refractivity contribution in [2.75, 3.05) is 32.7 Å². The number of methoxy groups -OCH3 is 1. The topological polar surface area (TPSA) is 136 Å². The Morgan fingerprint density at radius 2 is 1.73 bits per heavy atom. The average molecular weight is 568 g/mol. The first kappa shape index (κ1) is 29.1. The van der Waals surface area contributed by atoms with Crippen LogP contribution in [0.4, 0.5) is 0 Å². The number of aliphatic hydroxyl groups is 1. The summed E-state index contributed by atoms with van der Waals surface area (Å²) in [5, 5.41) is 8.92. The van der Waals surface area contributed by atoms with Gasteiger partial charge in [0.2, 0.25) is 5.90 Å². The number of benzene rings is 3. The van der Waals surface area contributed by atoms with Gasteiger partial charge < -0.3 is 19.3 Å². The Labute approximate surface area is 233 Å². The highest BCUT2D eigenvalue weighted by Crippen LogP contribution is 2.28. The van der Waals surface area contributed by atoms with E-state index in [9.17, 15) is 13.2 Å². The minimum Gasteiger partial charge on any atom is -0.497 e. The minimum absolute atomic E-state index is 0.0435. The zero-order chi connectivity index (χ0) is 28.4. The molecular formula is C29H33N3O7S. The summed E-state index contributed by atoms with van der Waals surface area (Å²) in [7, 11) is -2.07. The molecule has 4 rings (SSSR count). The standard InChI is InChI=1S/C29H33N3O7S/c1-37-24-12-8-22(9-13-24)20-30-32-28(34)29(16-19-40(35,36)26-6-3-2-4-7-26)21-39-27(31-29)23-10-14-25(15-11-23)38-18-5-17-33/h2-4,6-15,30,33H,5,16-21H2,1H3,(H,32,34)/t29-/m0/s1. The van der Waals surface area contributed by atoms with Gasteiger partial charge in [0.25, 0.3) is 5.91 Å². The Morgan fingerprint density at radius 1 is 1.02 bits per heavy atom. The van der Waals surface area contributed by atoms with E-state index in [1.165, 1.54) is 12.1 Å². The van der Waals surface area contributed by atoms with Gasteiger partial charge in [-0.05, 0) is 60.5 Å². The van der Waals surface area contributed by atoms with Gasteiger partial charge in [-0.3, -0.25) is 10.2 Å². The Morgan fingerprint density at radius 3 is 2.40 bits per heavy atom. The molecule has 3 N–H and O–H groups in total. The smallest absolute Gasteiger partial charge is 0.265 e. The van der Waals surface area contributed by atoms with Crippen molar-refractivity contribution >= 4 is 21.6 Å². The van der Waals surface area contributed by atoms with Crippen LogP contribution in [-0.4, -0.2) is 63.6 Å². The predicted molar refractivity (Wildman–Crippen MR) is 150 cm³/mol. The van der Waals surface area contributed by atoms with Crippen LogP contribution >= 0.6 is 0 Å². The molecule has 0 aromatic heterocycles. The van der Waals surface area contributed by atoms with Crippen molar-refractivity contribution in [1.82, 2.24) is 10.9 Å². The summed E-state index contributed by atoms with van der Waals surface area (Å²) < 4.78 is 42.6. The largest absolute Gasteiger partial charge is 0.497 e. The third kappa shape index (κ3) is 7.38. The molecule has 1 atom stereocenters. The molecule has 0 saturated heterocycles. The molecule has 11 heteroatoms. The van der Waals surface area contributed by atoms with Crippen LogP contribution in [0.25, 0.3) is 0 Å². The number of amides is 1. The number of carbonyl (C=O) groups excluding carboxylic acids is 1. The van der Waals surface area contributed by atoms with Gasteiger partial charge in [-0.2, -0.15) is 0 Å². The highest BCUT2D eigenvalue weighted by molar-refractivity contribution is 7.91. The second kappa shape index (κ2) is 13.4. The second-order valence-corrected chi connectivity index (χ2v) is 11.3. The van der Waals surface area contributed by atoms with Crippen LogP contribution in [0.1, 0.15) is 24.0 Å². The van der Waals surface area contributed by atoms with Crippen molar-refractivity contribution in [2.45, 2.75) is 29.8 Å². The van der Waals surface area contributed by atoms with E-state index < -0.39 is 21.3 Å². The van der Waals surface area contributed by atoms with Gasteiger partial charge in [0.05, 0.1) is 24.4 Å². The number of aliphatic imine (C=N–C) groups is 1. The normalized spacial score (nSPS) is 16.6. The molecule has 0 bridgehead atoms. The molecule has 0 fully saturated rings. The number of rotatable bonds is 14. The van der Waals surface area contributed by atoms with Gasteiger partial charge in [-0.15, -0.1) is 0 Å². The number of hydrazine groups is 1. The zero-order valence-electron chi connectivity index (χ0n) is 22.2. The molecule has 3 aromatic rings. The number of sulfone groups is 1.